The van der Waals surface area contributed by atoms with Crippen LogP contribution in [0.5, 0.6) is 5.75 Å². The second-order valence-corrected chi connectivity index (χ2v) is 6.01. The predicted molar refractivity (Wildman–Crippen MR) is 116 cm³/mol. The van der Waals surface area contributed by atoms with E-state index in [1.165, 1.54) is 7.05 Å². The van der Waals surface area contributed by atoms with Crippen LogP contribution in [-0.2, 0) is 11.3 Å². The Hall–Kier alpha value is -1.27. The molecule has 2 N–H and O–H groups in total. The van der Waals surface area contributed by atoms with Gasteiger partial charge in [0.25, 0.3) is 0 Å². The molecule has 28 heavy (non-hydrogen) atoms. The molecule has 0 unspecified atom stereocenters. The fraction of sp³-hybridized carbons (Fsp3) is 0.611. The van der Waals surface area contributed by atoms with Crippen LogP contribution in [-0.4, -0.2) is 71.1 Å². The molecule has 6 nitrogen and oxygen atoms in total. The second kappa shape index (κ2) is 14.7. The summed E-state index contributed by atoms with van der Waals surface area (Å²) in [5.74, 6) is 1.07. The summed E-state index contributed by atoms with van der Waals surface area (Å²) in [6, 6.07) is 7.55. The fourth-order valence-electron chi connectivity index (χ4n) is 2.15. The first-order valence-corrected chi connectivity index (χ1v) is 8.74. The first-order valence-electron chi connectivity index (χ1n) is 8.74. The summed E-state index contributed by atoms with van der Waals surface area (Å²) >= 11 is 0. The molecule has 1 aromatic carbocycles. The minimum absolute atomic E-state index is 0. The molecule has 0 saturated carbocycles. The second-order valence-electron chi connectivity index (χ2n) is 6.01. The Morgan fingerprint density at radius 1 is 1.18 bits per heavy atom. The van der Waals surface area contributed by atoms with E-state index in [4.69, 9.17) is 9.47 Å². The van der Waals surface area contributed by atoms with Crippen LogP contribution < -0.4 is 15.4 Å². The number of aliphatic imine (C=N–C) groups is 1. The van der Waals surface area contributed by atoms with Gasteiger partial charge in [0, 0.05) is 40.3 Å². The van der Waals surface area contributed by atoms with Gasteiger partial charge in [-0.1, -0.05) is 12.1 Å². The zero-order valence-corrected chi connectivity index (χ0v) is 18.8. The number of nitrogens with zero attached hydrogens (tertiary/aromatic N) is 2. The lowest BCUT2D eigenvalue weighted by atomic mass is 10.2. The van der Waals surface area contributed by atoms with Crippen molar-refractivity contribution in [2.24, 2.45) is 4.99 Å². The van der Waals surface area contributed by atoms with Gasteiger partial charge in [0.15, 0.2) is 5.96 Å². The van der Waals surface area contributed by atoms with Gasteiger partial charge in [-0.3, -0.25) is 4.99 Å². The van der Waals surface area contributed by atoms with Gasteiger partial charge in [0.05, 0.1) is 13.0 Å². The van der Waals surface area contributed by atoms with Crippen LogP contribution in [0.15, 0.2) is 29.3 Å². The molecular weight excluding hydrogens is 488 g/mol. The van der Waals surface area contributed by atoms with Crippen LogP contribution in [0.3, 0.4) is 0 Å². The highest BCUT2D eigenvalue weighted by Crippen LogP contribution is 2.18. The Morgan fingerprint density at radius 2 is 1.89 bits per heavy atom. The monoisotopic (exact) mass is 518 g/mol. The highest BCUT2D eigenvalue weighted by Gasteiger charge is 2.26. The lowest BCUT2D eigenvalue weighted by Crippen LogP contribution is -2.38. The number of ether oxygens (including phenoxy) is 2. The van der Waals surface area contributed by atoms with E-state index in [2.05, 4.69) is 20.5 Å². The van der Waals surface area contributed by atoms with Gasteiger partial charge in [-0.15, -0.1) is 24.0 Å². The molecule has 0 heterocycles. The van der Waals surface area contributed by atoms with Crippen molar-refractivity contribution in [2.45, 2.75) is 19.1 Å². The van der Waals surface area contributed by atoms with Crippen LogP contribution in [0, 0.1) is 0 Å². The van der Waals surface area contributed by atoms with Crippen molar-refractivity contribution in [1.82, 2.24) is 15.5 Å². The standard InChI is InChI=1S/C18H29F3N4O2.HI/c1-22-17(23-8-7-18(19,20)21)24-14-15-5-4-6-16(13-15)27-12-10-25(2)9-11-26-3;/h4-6,13H,7-12,14H2,1-3H3,(H2,22,23,24);1H. The Balaban J connectivity index is 0.00000729. The average Bonchev–Trinajstić information content (AvgIpc) is 2.62. The number of guanidine groups is 1. The van der Waals surface area contributed by atoms with Crippen molar-refractivity contribution in [1.29, 1.82) is 0 Å². The van der Waals surface area contributed by atoms with E-state index >= 15 is 0 Å². The molecule has 0 atom stereocenters. The van der Waals surface area contributed by atoms with Gasteiger partial charge in [-0.2, -0.15) is 13.2 Å². The third-order valence-electron chi connectivity index (χ3n) is 3.70. The molecule has 0 spiro atoms. The predicted octanol–water partition coefficient (Wildman–Crippen LogP) is 2.88. The number of halogens is 4. The van der Waals surface area contributed by atoms with E-state index in [1.807, 2.05) is 31.3 Å². The summed E-state index contributed by atoms with van der Waals surface area (Å²) in [6.07, 6.45) is -5.09. The van der Waals surface area contributed by atoms with Gasteiger partial charge in [0.2, 0.25) is 0 Å². The Morgan fingerprint density at radius 3 is 2.54 bits per heavy atom. The van der Waals surface area contributed by atoms with E-state index in [0.717, 1.165) is 24.4 Å². The lowest BCUT2D eigenvalue weighted by molar-refractivity contribution is -0.132. The number of likely N-dealkylation sites (N-methyl/N-ethyl adjacent to an activating group) is 1. The maximum Gasteiger partial charge on any atom is 0.390 e. The van der Waals surface area contributed by atoms with E-state index in [0.29, 0.717) is 25.7 Å². The number of benzene rings is 1. The SMILES string of the molecule is CN=C(NCCC(F)(F)F)NCc1cccc(OCCN(C)CCOC)c1.I. The molecule has 162 valence electrons. The first kappa shape index (κ1) is 26.7. The van der Waals surface area contributed by atoms with Crippen molar-refractivity contribution < 1.29 is 22.6 Å². The fourth-order valence-corrected chi connectivity index (χ4v) is 2.15. The zero-order chi connectivity index (χ0) is 20.1. The smallest absolute Gasteiger partial charge is 0.390 e. The number of nitrogens with one attached hydrogen (secondary N) is 2. The number of rotatable bonds is 11. The summed E-state index contributed by atoms with van der Waals surface area (Å²) < 4.78 is 47.4. The molecule has 0 saturated heterocycles. The summed E-state index contributed by atoms with van der Waals surface area (Å²) in [6.45, 7) is 3.05. The molecule has 0 bridgehead atoms. The number of methoxy groups -OCH3 is 1. The summed E-state index contributed by atoms with van der Waals surface area (Å²) in [5.41, 5.74) is 0.944. The number of hydrogen-bond donors (Lipinski definition) is 2. The van der Waals surface area contributed by atoms with Crippen LogP contribution in [0.4, 0.5) is 13.2 Å². The normalized spacial score (nSPS) is 11.9. The molecule has 0 aliphatic carbocycles. The highest BCUT2D eigenvalue weighted by molar-refractivity contribution is 14.0. The van der Waals surface area contributed by atoms with Crippen molar-refractivity contribution >= 4 is 29.9 Å². The molecule has 0 aliphatic heterocycles. The maximum absolute atomic E-state index is 12.2. The van der Waals surface area contributed by atoms with Crippen LogP contribution >= 0.6 is 24.0 Å². The van der Waals surface area contributed by atoms with Crippen LogP contribution in [0.25, 0.3) is 0 Å². The molecule has 0 fully saturated rings. The molecule has 0 amide bonds. The minimum Gasteiger partial charge on any atom is -0.492 e. The maximum atomic E-state index is 12.2. The molecular formula is C18H30F3IN4O2. The van der Waals surface area contributed by atoms with E-state index in [-0.39, 0.29) is 30.5 Å². The van der Waals surface area contributed by atoms with Crippen LogP contribution in [0.2, 0.25) is 0 Å². The summed E-state index contributed by atoms with van der Waals surface area (Å²) in [4.78, 5) is 6.04. The third kappa shape index (κ3) is 13.0. The third-order valence-corrected chi connectivity index (χ3v) is 3.70. The van der Waals surface area contributed by atoms with Crippen molar-refractivity contribution in [2.75, 3.05) is 54.1 Å². The first-order chi connectivity index (χ1) is 12.8. The average molecular weight is 518 g/mol. The molecule has 0 aliphatic rings. The summed E-state index contributed by atoms with van der Waals surface area (Å²) in [7, 11) is 5.19. The van der Waals surface area contributed by atoms with Crippen molar-refractivity contribution in [3.05, 3.63) is 29.8 Å². The Kier molecular flexibility index (Phi) is 14.0. The molecule has 0 aromatic heterocycles. The Bertz CT molecular complexity index is 574. The lowest BCUT2D eigenvalue weighted by Gasteiger charge is -2.16. The van der Waals surface area contributed by atoms with E-state index < -0.39 is 12.6 Å². The van der Waals surface area contributed by atoms with Crippen molar-refractivity contribution in [3.63, 3.8) is 0 Å². The molecule has 10 heteroatoms. The van der Waals surface area contributed by atoms with Gasteiger partial charge in [-0.25, -0.2) is 0 Å². The van der Waals surface area contributed by atoms with Crippen LogP contribution in [0.1, 0.15) is 12.0 Å². The number of alkyl halides is 3. The minimum atomic E-state index is -4.19. The largest absolute Gasteiger partial charge is 0.492 e. The zero-order valence-electron chi connectivity index (χ0n) is 16.5. The molecule has 0 radical (unpaired) electrons. The van der Waals surface area contributed by atoms with Gasteiger partial charge in [0.1, 0.15) is 12.4 Å². The van der Waals surface area contributed by atoms with Gasteiger partial charge >= 0.3 is 6.18 Å². The molecule has 1 aromatic rings. The molecule has 1 rings (SSSR count). The quantitative estimate of drug-likeness (QED) is 0.268. The number of hydrogen-bond acceptors (Lipinski definition) is 4. The van der Waals surface area contributed by atoms with E-state index in [1.54, 1.807) is 7.11 Å². The summed E-state index contributed by atoms with van der Waals surface area (Å²) in [5, 5.41) is 5.64. The van der Waals surface area contributed by atoms with Gasteiger partial charge < -0.3 is 25.0 Å². The van der Waals surface area contributed by atoms with Crippen molar-refractivity contribution in [3.8, 4) is 5.75 Å². The van der Waals surface area contributed by atoms with E-state index in [9.17, 15) is 13.2 Å². The van der Waals surface area contributed by atoms with Gasteiger partial charge in [-0.05, 0) is 24.7 Å². The Labute approximate surface area is 181 Å². The topological polar surface area (TPSA) is 58.1 Å². The highest BCUT2D eigenvalue weighted by atomic mass is 127.